The van der Waals surface area contributed by atoms with Crippen molar-refractivity contribution in [2.24, 2.45) is 11.8 Å². The van der Waals surface area contributed by atoms with E-state index in [9.17, 15) is 9.59 Å². The number of hydrazine groups is 1. The molecule has 1 saturated heterocycles. The molecule has 6 heteroatoms. The Labute approximate surface area is 135 Å². The van der Waals surface area contributed by atoms with Crippen LogP contribution in [0.4, 0.5) is 0 Å². The largest absolute Gasteiger partial charge is 0.481 e. The Bertz CT molecular complexity index is 555. The summed E-state index contributed by atoms with van der Waals surface area (Å²) in [4.78, 5) is 23.6. The summed E-state index contributed by atoms with van der Waals surface area (Å²) in [7, 11) is 0. The molecule has 0 aromatic heterocycles. The number of benzene rings is 1. The summed E-state index contributed by atoms with van der Waals surface area (Å²) >= 11 is 0. The molecular formula is C17H23N3O3. The van der Waals surface area contributed by atoms with E-state index in [0.29, 0.717) is 19.4 Å². The molecule has 2 unspecified atom stereocenters. The molecule has 6 nitrogen and oxygen atoms in total. The van der Waals surface area contributed by atoms with E-state index in [-0.39, 0.29) is 29.8 Å². The Morgan fingerprint density at radius 3 is 2.43 bits per heavy atom. The minimum absolute atomic E-state index is 0.0356. The molecule has 4 N–H and O–H groups in total. The highest BCUT2D eigenvalue weighted by Crippen LogP contribution is 2.27. The smallest absolute Gasteiger partial charge is 0.306 e. The number of aliphatic carboxylic acids is 1. The Kier molecular flexibility index (Phi) is 4.93. The van der Waals surface area contributed by atoms with Gasteiger partial charge in [-0.1, -0.05) is 30.3 Å². The van der Waals surface area contributed by atoms with E-state index in [0.717, 1.165) is 18.4 Å². The number of carboxylic acids is 1. The molecule has 0 bridgehead atoms. The minimum atomic E-state index is -0.719. The van der Waals surface area contributed by atoms with E-state index < -0.39 is 5.97 Å². The second kappa shape index (κ2) is 7.10. The van der Waals surface area contributed by atoms with Crippen molar-refractivity contribution in [3.05, 3.63) is 35.9 Å². The number of carbonyl (C=O) groups excluding carboxylic acids is 1. The third-order valence-corrected chi connectivity index (χ3v) is 4.90. The van der Waals surface area contributed by atoms with Crippen LogP contribution in [0.1, 0.15) is 37.3 Å². The van der Waals surface area contributed by atoms with Gasteiger partial charge in [-0.2, -0.15) is 0 Å². The topological polar surface area (TPSA) is 90.5 Å². The molecule has 124 valence electrons. The van der Waals surface area contributed by atoms with Gasteiger partial charge >= 0.3 is 5.97 Å². The first-order chi connectivity index (χ1) is 11.1. The summed E-state index contributed by atoms with van der Waals surface area (Å²) < 4.78 is 0. The van der Waals surface area contributed by atoms with Crippen LogP contribution < -0.4 is 16.2 Å². The van der Waals surface area contributed by atoms with Crippen molar-refractivity contribution in [1.29, 1.82) is 0 Å². The molecule has 1 saturated carbocycles. The number of carboxylic acid groups (broad SMARTS) is 1. The summed E-state index contributed by atoms with van der Waals surface area (Å²) in [6.07, 6.45) is 2.77. The quantitative estimate of drug-likeness (QED) is 0.670. The van der Waals surface area contributed by atoms with E-state index in [1.54, 1.807) is 0 Å². The van der Waals surface area contributed by atoms with Crippen LogP contribution in [0.3, 0.4) is 0 Å². The van der Waals surface area contributed by atoms with Gasteiger partial charge in [0.05, 0.1) is 17.9 Å². The molecule has 2 aliphatic rings. The minimum Gasteiger partial charge on any atom is -0.481 e. The summed E-state index contributed by atoms with van der Waals surface area (Å²) in [6, 6.07) is 9.99. The number of amides is 1. The van der Waals surface area contributed by atoms with Crippen molar-refractivity contribution < 1.29 is 14.7 Å². The van der Waals surface area contributed by atoms with Gasteiger partial charge < -0.3 is 10.4 Å². The molecule has 1 amide bonds. The van der Waals surface area contributed by atoms with E-state index >= 15 is 0 Å². The second-order valence-corrected chi connectivity index (χ2v) is 6.42. The molecule has 1 aromatic rings. The lowest BCUT2D eigenvalue weighted by molar-refractivity contribution is -0.142. The number of hydrogen-bond donors (Lipinski definition) is 4. The predicted molar refractivity (Wildman–Crippen MR) is 85.3 cm³/mol. The summed E-state index contributed by atoms with van der Waals surface area (Å²) in [5.41, 5.74) is 7.34. The molecule has 1 aliphatic carbocycles. The van der Waals surface area contributed by atoms with Gasteiger partial charge in [0.25, 0.3) is 0 Å². The van der Waals surface area contributed by atoms with Crippen LogP contribution in [0.15, 0.2) is 30.3 Å². The fourth-order valence-corrected chi connectivity index (χ4v) is 3.51. The Morgan fingerprint density at radius 1 is 1.09 bits per heavy atom. The molecule has 1 heterocycles. The van der Waals surface area contributed by atoms with Crippen molar-refractivity contribution in [2.75, 3.05) is 6.54 Å². The average Bonchev–Trinajstić information content (AvgIpc) is 3.06. The summed E-state index contributed by atoms with van der Waals surface area (Å²) in [5, 5.41) is 12.1. The van der Waals surface area contributed by atoms with E-state index in [1.807, 2.05) is 30.3 Å². The Hall–Kier alpha value is -1.92. The lowest BCUT2D eigenvalue weighted by Gasteiger charge is -2.28. The molecular weight excluding hydrogens is 294 g/mol. The molecule has 1 aliphatic heterocycles. The summed E-state index contributed by atoms with van der Waals surface area (Å²) in [5.74, 6) is -1.09. The highest BCUT2D eigenvalue weighted by atomic mass is 16.4. The summed E-state index contributed by atoms with van der Waals surface area (Å²) in [6.45, 7) is 0.593. The van der Waals surface area contributed by atoms with Crippen LogP contribution in [0, 0.1) is 11.8 Å². The molecule has 0 radical (unpaired) electrons. The third-order valence-electron chi connectivity index (χ3n) is 4.90. The number of carbonyl (C=O) groups is 2. The van der Waals surface area contributed by atoms with Crippen LogP contribution in [0.25, 0.3) is 0 Å². The fourth-order valence-electron chi connectivity index (χ4n) is 3.51. The SMILES string of the molecule is O=C(O)C1CCC(NC(=O)C2CNNC2c2ccccc2)CC1. The third kappa shape index (κ3) is 3.71. The lowest BCUT2D eigenvalue weighted by atomic mass is 9.85. The van der Waals surface area contributed by atoms with Gasteiger partial charge in [0, 0.05) is 12.6 Å². The highest BCUT2D eigenvalue weighted by molar-refractivity contribution is 5.80. The zero-order valence-electron chi connectivity index (χ0n) is 13.0. The molecule has 2 fully saturated rings. The van der Waals surface area contributed by atoms with Gasteiger partial charge in [0.1, 0.15) is 0 Å². The first-order valence-electron chi connectivity index (χ1n) is 8.21. The lowest BCUT2D eigenvalue weighted by Crippen LogP contribution is -2.43. The van der Waals surface area contributed by atoms with Crippen LogP contribution >= 0.6 is 0 Å². The van der Waals surface area contributed by atoms with Crippen LogP contribution in [0.5, 0.6) is 0 Å². The first-order valence-corrected chi connectivity index (χ1v) is 8.21. The molecule has 3 rings (SSSR count). The van der Waals surface area contributed by atoms with Gasteiger partial charge in [-0.05, 0) is 31.2 Å². The van der Waals surface area contributed by atoms with Crippen molar-refractivity contribution in [1.82, 2.24) is 16.2 Å². The van der Waals surface area contributed by atoms with Crippen molar-refractivity contribution >= 4 is 11.9 Å². The maximum absolute atomic E-state index is 12.6. The van der Waals surface area contributed by atoms with Gasteiger partial charge in [0.2, 0.25) is 5.91 Å². The normalized spacial score (nSPS) is 30.8. The maximum atomic E-state index is 12.6. The molecule has 1 aromatic carbocycles. The van der Waals surface area contributed by atoms with Gasteiger partial charge in [-0.3, -0.25) is 15.0 Å². The highest BCUT2D eigenvalue weighted by Gasteiger charge is 2.35. The standard InChI is InChI=1S/C17H23N3O3/c21-16(19-13-8-6-12(7-9-13)17(22)23)14-10-18-20-15(14)11-4-2-1-3-5-11/h1-5,12-15,18,20H,6-10H2,(H,19,21)(H,22,23). The van der Waals surface area contributed by atoms with Crippen molar-refractivity contribution in [3.8, 4) is 0 Å². The van der Waals surface area contributed by atoms with Crippen LogP contribution in [-0.4, -0.2) is 29.6 Å². The van der Waals surface area contributed by atoms with Gasteiger partial charge in [-0.15, -0.1) is 0 Å². The monoisotopic (exact) mass is 317 g/mol. The number of hydrogen-bond acceptors (Lipinski definition) is 4. The Balaban J connectivity index is 1.57. The number of rotatable bonds is 4. The first kappa shape index (κ1) is 16.0. The zero-order chi connectivity index (χ0) is 16.2. The van der Waals surface area contributed by atoms with Gasteiger partial charge in [0.15, 0.2) is 0 Å². The average molecular weight is 317 g/mol. The predicted octanol–water partition coefficient (Wildman–Crippen LogP) is 1.21. The van der Waals surface area contributed by atoms with Gasteiger partial charge in [-0.25, -0.2) is 5.43 Å². The van der Waals surface area contributed by atoms with Crippen molar-refractivity contribution in [3.63, 3.8) is 0 Å². The van der Waals surface area contributed by atoms with Crippen LogP contribution in [0.2, 0.25) is 0 Å². The second-order valence-electron chi connectivity index (χ2n) is 6.42. The van der Waals surface area contributed by atoms with E-state index in [2.05, 4.69) is 16.2 Å². The molecule has 0 spiro atoms. The van der Waals surface area contributed by atoms with Crippen molar-refractivity contribution in [2.45, 2.75) is 37.8 Å². The van der Waals surface area contributed by atoms with E-state index in [4.69, 9.17) is 5.11 Å². The maximum Gasteiger partial charge on any atom is 0.306 e. The number of nitrogens with one attached hydrogen (secondary N) is 3. The van der Waals surface area contributed by atoms with E-state index in [1.165, 1.54) is 0 Å². The van der Waals surface area contributed by atoms with Crippen LogP contribution in [-0.2, 0) is 9.59 Å². The Morgan fingerprint density at radius 2 is 1.78 bits per heavy atom. The molecule has 23 heavy (non-hydrogen) atoms. The zero-order valence-corrected chi connectivity index (χ0v) is 13.0. The fraction of sp³-hybridized carbons (Fsp3) is 0.529. The molecule has 2 atom stereocenters.